The van der Waals surface area contributed by atoms with Gasteiger partial charge in [0, 0.05) is 43.8 Å². The predicted octanol–water partition coefficient (Wildman–Crippen LogP) is 9.46. The summed E-state index contributed by atoms with van der Waals surface area (Å²) in [6, 6.07) is 40.6. The Morgan fingerprint density at radius 2 is 0.611 bits per heavy atom. The zero-order chi connectivity index (χ0) is 37.7. The molecule has 0 radical (unpaired) electrons. The highest BCUT2D eigenvalue weighted by Crippen LogP contribution is 2.48. The fraction of sp³-hybridized carbons (Fsp3) is 0. The van der Waals surface area contributed by atoms with Crippen LogP contribution in [0.4, 0.5) is 0 Å². The van der Waals surface area contributed by atoms with E-state index in [0.717, 1.165) is 10.8 Å². The van der Waals surface area contributed by atoms with Crippen LogP contribution in [-0.4, -0.2) is 0 Å². The molecule has 0 bridgehead atoms. The third-order valence-electron chi connectivity index (χ3n) is 9.48. The maximum Gasteiger partial charge on any atom is 0.135 e. The molecule has 0 aliphatic heterocycles. The largest absolute Gasteiger partial charge is 0.456 e. The van der Waals surface area contributed by atoms with Crippen LogP contribution in [0, 0.1) is 90.6 Å². The molecule has 10 heteroatoms. The van der Waals surface area contributed by atoms with E-state index in [2.05, 4.69) is 18.2 Å². The number of benzene rings is 6. The molecule has 0 unspecified atom stereocenters. The minimum atomic E-state index is -0.497. The zero-order valence-electron chi connectivity index (χ0n) is 27.5. The fourth-order valence-corrected chi connectivity index (χ4v) is 7.23. The summed E-state index contributed by atoms with van der Waals surface area (Å²) in [5, 5.41) is 87.4. The quantitative estimate of drug-likeness (QED) is 0.171. The van der Waals surface area contributed by atoms with Gasteiger partial charge in [-0.05, 0) is 47.5 Å². The van der Waals surface area contributed by atoms with Crippen molar-refractivity contribution in [3.8, 4) is 81.9 Å². The van der Waals surface area contributed by atoms with Crippen LogP contribution in [0.2, 0.25) is 0 Å². The highest BCUT2D eigenvalue weighted by atomic mass is 16.3. The van der Waals surface area contributed by atoms with Crippen LogP contribution < -0.4 is 0 Å². The van der Waals surface area contributed by atoms with Crippen molar-refractivity contribution >= 4 is 43.9 Å². The van der Waals surface area contributed by atoms with Crippen LogP contribution in [0.1, 0.15) is 44.5 Å². The molecular formula is C44H14N8O2. The summed E-state index contributed by atoms with van der Waals surface area (Å²) in [7, 11) is 0. The fourth-order valence-electron chi connectivity index (χ4n) is 7.23. The Bertz CT molecular complexity index is 3180. The van der Waals surface area contributed by atoms with E-state index in [1.54, 1.807) is 54.6 Å². The van der Waals surface area contributed by atoms with Gasteiger partial charge in [-0.2, -0.15) is 42.1 Å². The van der Waals surface area contributed by atoms with Gasteiger partial charge in [-0.25, -0.2) is 0 Å². The number of rotatable bonds is 3. The van der Waals surface area contributed by atoms with Crippen molar-refractivity contribution in [2.75, 3.05) is 0 Å². The molecule has 0 aliphatic carbocycles. The second-order valence-corrected chi connectivity index (χ2v) is 12.0. The van der Waals surface area contributed by atoms with Gasteiger partial charge < -0.3 is 8.83 Å². The summed E-state index contributed by atoms with van der Waals surface area (Å²) in [6.45, 7) is 0. The average molecular weight is 687 g/mol. The molecule has 8 aromatic rings. The second-order valence-electron chi connectivity index (χ2n) is 12.0. The standard InChI is InChI=1S/C44H14N8O2/c45-15-29-30(16-46)32(18-48)43(33(19-49)31(29)17-47)44-35(21-51)41(23-9-11-39-27(13-23)25-5-1-3-7-37(25)53-39)34(20-50)42(36(44)22-52)24-10-12-40-28(14-24)26-6-2-4-8-38(26)54-40/h1-14H. The molecule has 10 nitrogen and oxygen atoms in total. The first-order valence-electron chi connectivity index (χ1n) is 16.0. The lowest BCUT2D eigenvalue weighted by atomic mass is 9.76. The molecule has 54 heavy (non-hydrogen) atoms. The van der Waals surface area contributed by atoms with Crippen LogP contribution in [0.3, 0.4) is 0 Å². The number of hydrogen-bond acceptors (Lipinski definition) is 10. The predicted molar refractivity (Wildman–Crippen MR) is 195 cm³/mol. The SMILES string of the molecule is N#Cc1c(C#N)c(C#N)c(-c2c(C#N)c(-c3ccc4oc5ccccc5c4c3)c(C#N)c(-c3ccc4oc5ccccc5c4c3)c2C#N)c(C#N)c1C#N. The first kappa shape index (κ1) is 32.1. The Morgan fingerprint density at radius 1 is 0.296 bits per heavy atom. The molecule has 0 amide bonds. The molecule has 0 spiro atoms. The molecule has 2 aromatic heterocycles. The minimum absolute atomic E-state index is 0.0576. The van der Waals surface area contributed by atoms with E-state index in [4.69, 9.17) is 8.83 Å². The van der Waals surface area contributed by atoms with E-state index in [0.29, 0.717) is 44.2 Å². The summed E-state index contributed by atoms with van der Waals surface area (Å²) in [4.78, 5) is 0. The van der Waals surface area contributed by atoms with E-state index in [9.17, 15) is 42.1 Å². The second kappa shape index (κ2) is 12.3. The summed E-state index contributed by atoms with van der Waals surface area (Å²) in [6.07, 6.45) is 0. The molecule has 0 fully saturated rings. The molecule has 8 rings (SSSR count). The van der Waals surface area contributed by atoms with E-state index in [-0.39, 0.29) is 38.9 Å². The number of nitrogens with zero attached hydrogens (tertiary/aromatic N) is 8. The van der Waals surface area contributed by atoms with Crippen LogP contribution in [-0.2, 0) is 0 Å². The van der Waals surface area contributed by atoms with Gasteiger partial charge in [-0.3, -0.25) is 0 Å². The third kappa shape index (κ3) is 4.38. The Labute approximate surface area is 305 Å². The molecule has 6 aromatic carbocycles. The monoisotopic (exact) mass is 686 g/mol. The van der Waals surface area contributed by atoms with Gasteiger partial charge in [0.1, 0.15) is 70.9 Å². The summed E-state index contributed by atoms with van der Waals surface area (Å²) < 4.78 is 12.1. The number of hydrogen-bond donors (Lipinski definition) is 0. The van der Waals surface area contributed by atoms with Crippen LogP contribution >= 0.6 is 0 Å². The highest BCUT2D eigenvalue weighted by Gasteiger charge is 2.33. The highest BCUT2D eigenvalue weighted by molar-refractivity contribution is 6.10. The van der Waals surface area contributed by atoms with Crippen molar-refractivity contribution < 1.29 is 8.83 Å². The Morgan fingerprint density at radius 3 is 1.00 bits per heavy atom. The molecule has 0 atom stereocenters. The number of fused-ring (bicyclic) bond motifs is 6. The maximum atomic E-state index is 11.0. The van der Waals surface area contributed by atoms with Crippen molar-refractivity contribution in [3.63, 3.8) is 0 Å². The van der Waals surface area contributed by atoms with Gasteiger partial charge in [0.25, 0.3) is 0 Å². The molecule has 0 saturated heterocycles. The van der Waals surface area contributed by atoms with Crippen LogP contribution in [0.5, 0.6) is 0 Å². The van der Waals surface area contributed by atoms with E-state index < -0.39 is 27.8 Å². The molecule has 242 valence electrons. The maximum absolute atomic E-state index is 11.0. The van der Waals surface area contributed by atoms with Gasteiger partial charge in [0.05, 0.1) is 44.5 Å². The molecule has 0 N–H and O–H groups in total. The minimum Gasteiger partial charge on any atom is -0.456 e. The molecule has 2 heterocycles. The van der Waals surface area contributed by atoms with Crippen molar-refractivity contribution in [1.29, 1.82) is 42.1 Å². The number of nitriles is 8. The summed E-state index contributed by atoms with van der Waals surface area (Å²) in [5.41, 5.74) is -0.458. The lowest BCUT2D eigenvalue weighted by molar-refractivity contribution is 0.668. The van der Waals surface area contributed by atoms with Crippen molar-refractivity contribution in [3.05, 3.63) is 129 Å². The first-order valence-corrected chi connectivity index (χ1v) is 16.0. The first-order chi connectivity index (χ1) is 26.5. The van der Waals surface area contributed by atoms with Gasteiger partial charge in [0.2, 0.25) is 0 Å². The van der Waals surface area contributed by atoms with E-state index in [1.807, 2.05) is 60.7 Å². The van der Waals surface area contributed by atoms with Gasteiger partial charge in [-0.15, -0.1) is 0 Å². The summed E-state index contributed by atoms with van der Waals surface area (Å²) in [5.74, 6) is 0. The van der Waals surface area contributed by atoms with Crippen molar-refractivity contribution in [2.24, 2.45) is 0 Å². The van der Waals surface area contributed by atoms with Gasteiger partial charge >= 0.3 is 0 Å². The van der Waals surface area contributed by atoms with E-state index in [1.165, 1.54) is 0 Å². The van der Waals surface area contributed by atoms with Crippen LogP contribution in [0.15, 0.2) is 93.8 Å². The smallest absolute Gasteiger partial charge is 0.135 e. The van der Waals surface area contributed by atoms with Crippen LogP contribution in [0.25, 0.3) is 77.3 Å². The lowest BCUT2D eigenvalue weighted by Crippen LogP contribution is -2.08. The number of furan rings is 2. The van der Waals surface area contributed by atoms with Crippen molar-refractivity contribution in [1.82, 2.24) is 0 Å². The molecule has 0 saturated carbocycles. The topological polar surface area (TPSA) is 217 Å². The third-order valence-corrected chi connectivity index (χ3v) is 9.48. The van der Waals surface area contributed by atoms with E-state index >= 15 is 0 Å². The molecular weight excluding hydrogens is 673 g/mol. The normalized spacial score (nSPS) is 10.4. The van der Waals surface area contributed by atoms with Gasteiger partial charge in [-0.1, -0.05) is 48.5 Å². The lowest BCUT2D eigenvalue weighted by Gasteiger charge is -2.21. The summed E-state index contributed by atoms with van der Waals surface area (Å²) >= 11 is 0. The average Bonchev–Trinajstić information content (AvgIpc) is 3.78. The van der Waals surface area contributed by atoms with Crippen molar-refractivity contribution in [2.45, 2.75) is 0 Å². The molecule has 0 aliphatic rings. The van der Waals surface area contributed by atoms with Gasteiger partial charge in [0.15, 0.2) is 0 Å². The Balaban J connectivity index is 1.63. The Kier molecular flexibility index (Phi) is 7.31. The Hall–Kier alpha value is -9.16. The number of para-hydroxylation sites is 2. The zero-order valence-corrected chi connectivity index (χ0v) is 27.5.